The van der Waals surface area contributed by atoms with Crippen LogP contribution in [0.3, 0.4) is 0 Å². The zero-order valence-electron chi connectivity index (χ0n) is 12.5. The lowest BCUT2D eigenvalue weighted by Crippen LogP contribution is -2.09. The van der Waals surface area contributed by atoms with Crippen LogP contribution in [-0.2, 0) is 0 Å². The van der Waals surface area contributed by atoms with Gasteiger partial charge in [-0.3, -0.25) is 0 Å². The number of pyridine rings is 1. The van der Waals surface area contributed by atoms with Gasteiger partial charge in [-0.25, -0.2) is 4.98 Å². The van der Waals surface area contributed by atoms with Gasteiger partial charge in [0.15, 0.2) is 5.15 Å². The van der Waals surface area contributed by atoms with Gasteiger partial charge in [0.25, 0.3) is 0 Å². The fraction of sp³-hybridized carbons (Fsp3) is 0.235. The van der Waals surface area contributed by atoms with E-state index in [1.54, 1.807) is 7.11 Å². The molecule has 4 nitrogen and oxygen atoms in total. The van der Waals surface area contributed by atoms with Crippen molar-refractivity contribution < 1.29 is 9.84 Å². The van der Waals surface area contributed by atoms with Crippen LogP contribution in [0, 0.1) is 0 Å². The standard InChI is InChI=1S/C17H16BrClN2O2/c1-23-14-5-3-2-4-12(14)13(8-9-22)16-17(19)20-15-7-6-11(18)10-21(15)16/h2-7,10,13,22H,8-9H2,1H3. The summed E-state index contributed by atoms with van der Waals surface area (Å²) in [7, 11) is 1.64. The third kappa shape index (κ3) is 3.09. The summed E-state index contributed by atoms with van der Waals surface area (Å²) < 4.78 is 8.37. The molecule has 0 aliphatic heterocycles. The van der Waals surface area contributed by atoms with Crippen molar-refractivity contribution in [3.8, 4) is 5.75 Å². The first-order chi connectivity index (χ1) is 11.2. The molecule has 1 unspecified atom stereocenters. The SMILES string of the molecule is COc1ccccc1C(CCO)c1c(Cl)nc2ccc(Br)cn12. The van der Waals surface area contributed by atoms with Crippen LogP contribution < -0.4 is 4.74 Å². The summed E-state index contributed by atoms with van der Waals surface area (Å²) in [5.41, 5.74) is 2.60. The molecule has 2 aromatic heterocycles. The van der Waals surface area contributed by atoms with E-state index in [1.807, 2.05) is 47.0 Å². The van der Waals surface area contributed by atoms with Gasteiger partial charge >= 0.3 is 0 Å². The minimum Gasteiger partial charge on any atom is -0.496 e. The first-order valence-electron chi connectivity index (χ1n) is 7.22. The van der Waals surface area contributed by atoms with Crippen LogP contribution in [0.1, 0.15) is 23.6 Å². The normalized spacial score (nSPS) is 12.5. The Bertz CT molecular complexity index is 835. The van der Waals surface area contributed by atoms with Crippen LogP contribution >= 0.6 is 27.5 Å². The van der Waals surface area contributed by atoms with Crippen molar-refractivity contribution in [2.45, 2.75) is 12.3 Å². The molecule has 3 aromatic rings. The van der Waals surface area contributed by atoms with Crippen LogP contribution in [0.25, 0.3) is 5.65 Å². The second-order valence-corrected chi connectivity index (χ2v) is 6.44. The van der Waals surface area contributed by atoms with Gasteiger partial charge in [0.2, 0.25) is 0 Å². The highest BCUT2D eigenvalue weighted by molar-refractivity contribution is 9.10. The van der Waals surface area contributed by atoms with Crippen molar-refractivity contribution in [2.24, 2.45) is 0 Å². The van der Waals surface area contributed by atoms with Crippen LogP contribution in [0.5, 0.6) is 5.75 Å². The number of fused-ring (bicyclic) bond motifs is 1. The molecule has 0 spiro atoms. The van der Waals surface area contributed by atoms with Gasteiger partial charge in [0, 0.05) is 28.8 Å². The quantitative estimate of drug-likeness (QED) is 0.701. The maximum atomic E-state index is 9.56. The molecule has 0 amide bonds. The van der Waals surface area contributed by atoms with Crippen molar-refractivity contribution in [3.05, 3.63) is 63.5 Å². The number of aliphatic hydroxyl groups is 1. The van der Waals surface area contributed by atoms with Gasteiger partial charge in [-0.2, -0.15) is 0 Å². The van der Waals surface area contributed by atoms with Crippen molar-refractivity contribution in [1.82, 2.24) is 9.38 Å². The van der Waals surface area contributed by atoms with Crippen LogP contribution in [0.4, 0.5) is 0 Å². The highest BCUT2D eigenvalue weighted by Crippen LogP contribution is 2.38. The van der Waals surface area contributed by atoms with E-state index >= 15 is 0 Å². The third-order valence-corrected chi connectivity index (χ3v) is 4.58. The average Bonchev–Trinajstić information content (AvgIpc) is 2.88. The summed E-state index contributed by atoms with van der Waals surface area (Å²) >= 11 is 9.91. The number of rotatable bonds is 5. The molecule has 120 valence electrons. The number of hydrogen-bond acceptors (Lipinski definition) is 3. The minimum absolute atomic E-state index is 0.0419. The molecule has 23 heavy (non-hydrogen) atoms. The summed E-state index contributed by atoms with van der Waals surface area (Å²) in [5, 5.41) is 9.99. The molecule has 2 heterocycles. The smallest absolute Gasteiger partial charge is 0.151 e. The monoisotopic (exact) mass is 394 g/mol. The first-order valence-corrected chi connectivity index (χ1v) is 8.39. The first kappa shape index (κ1) is 16.3. The lowest BCUT2D eigenvalue weighted by molar-refractivity contribution is 0.279. The number of halogens is 2. The Morgan fingerprint density at radius 1 is 1.30 bits per heavy atom. The lowest BCUT2D eigenvalue weighted by Gasteiger charge is -2.19. The number of aromatic nitrogens is 2. The molecule has 0 aliphatic carbocycles. The van der Waals surface area contributed by atoms with E-state index in [2.05, 4.69) is 20.9 Å². The lowest BCUT2D eigenvalue weighted by atomic mass is 9.92. The van der Waals surface area contributed by atoms with E-state index in [9.17, 15) is 5.11 Å². The molecule has 1 N–H and O–H groups in total. The molecule has 0 aliphatic rings. The predicted molar refractivity (Wildman–Crippen MR) is 94.4 cm³/mol. The Hall–Kier alpha value is -1.56. The van der Waals surface area contributed by atoms with Crippen LogP contribution in [-0.4, -0.2) is 28.2 Å². The fourth-order valence-electron chi connectivity index (χ4n) is 2.84. The van der Waals surface area contributed by atoms with E-state index in [1.165, 1.54) is 0 Å². The minimum atomic E-state index is -0.118. The molecule has 3 rings (SSSR count). The Morgan fingerprint density at radius 3 is 2.83 bits per heavy atom. The topological polar surface area (TPSA) is 46.8 Å². The van der Waals surface area contributed by atoms with Gasteiger partial charge in [-0.05, 0) is 40.5 Å². The number of nitrogens with zero attached hydrogens (tertiary/aromatic N) is 2. The molecule has 0 bridgehead atoms. The second kappa shape index (κ2) is 6.91. The number of methoxy groups -OCH3 is 1. The number of benzene rings is 1. The van der Waals surface area contributed by atoms with Gasteiger partial charge in [-0.15, -0.1) is 0 Å². The summed E-state index contributed by atoms with van der Waals surface area (Å²) in [4.78, 5) is 4.42. The van der Waals surface area contributed by atoms with Gasteiger partial charge in [-0.1, -0.05) is 29.8 Å². The summed E-state index contributed by atoms with van der Waals surface area (Å²) in [5.74, 6) is 0.653. The number of ether oxygens (including phenoxy) is 1. The van der Waals surface area contributed by atoms with E-state index in [4.69, 9.17) is 16.3 Å². The maximum Gasteiger partial charge on any atom is 0.151 e. The van der Waals surface area contributed by atoms with Crippen LogP contribution in [0.2, 0.25) is 5.15 Å². The molecular weight excluding hydrogens is 380 g/mol. The summed E-state index contributed by atoms with van der Waals surface area (Å²) in [6.45, 7) is 0.0419. The molecular formula is C17H16BrClN2O2. The zero-order valence-corrected chi connectivity index (χ0v) is 14.9. The van der Waals surface area contributed by atoms with Crippen molar-refractivity contribution in [2.75, 3.05) is 13.7 Å². The molecule has 6 heteroatoms. The highest BCUT2D eigenvalue weighted by Gasteiger charge is 2.24. The van der Waals surface area contributed by atoms with Gasteiger partial charge < -0.3 is 14.2 Å². The van der Waals surface area contributed by atoms with Crippen molar-refractivity contribution in [1.29, 1.82) is 0 Å². The number of aliphatic hydroxyl groups excluding tert-OH is 1. The van der Waals surface area contributed by atoms with Crippen molar-refractivity contribution >= 4 is 33.2 Å². The van der Waals surface area contributed by atoms with E-state index in [0.717, 1.165) is 27.1 Å². The fourth-order valence-corrected chi connectivity index (χ4v) is 3.49. The summed E-state index contributed by atoms with van der Waals surface area (Å²) in [6.07, 6.45) is 2.46. The Labute approximate surface area is 147 Å². The zero-order chi connectivity index (χ0) is 16.4. The third-order valence-electron chi connectivity index (χ3n) is 3.84. The Kier molecular flexibility index (Phi) is 4.90. The number of imidazole rings is 1. The molecule has 1 atom stereocenters. The number of hydrogen-bond donors (Lipinski definition) is 1. The highest BCUT2D eigenvalue weighted by atomic mass is 79.9. The average molecular weight is 396 g/mol. The predicted octanol–water partition coefficient (Wildman–Crippen LogP) is 4.27. The molecule has 0 radical (unpaired) electrons. The van der Waals surface area contributed by atoms with E-state index in [0.29, 0.717) is 11.6 Å². The molecule has 1 aromatic carbocycles. The molecule has 0 saturated carbocycles. The Balaban J connectivity index is 2.23. The van der Waals surface area contributed by atoms with Crippen LogP contribution in [0.15, 0.2) is 47.1 Å². The maximum absolute atomic E-state index is 9.56. The Morgan fingerprint density at radius 2 is 2.09 bits per heavy atom. The van der Waals surface area contributed by atoms with Gasteiger partial charge in [0.1, 0.15) is 11.4 Å². The van der Waals surface area contributed by atoms with Crippen molar-refractivity contribution in [3.63, 3.8) is 0 Å². The van der Waals surface area contributed by atoms with E-state index < -0.39 is 0 Å². The summed E-state index contributed by atoms with van der Waals surface area (Å²) in [6, 6.07) is 11.6. The molecule has 0 fully saturated rings. The number of para-hydroxylation sites is 1. The van der Waals surface area contributed by atoms with E-state index in [-0.39, 0.29) is 12.5 Å². The van der Waals surface area contributed by atoms with Gasteiger partial charge in [0.05, 0.1) is 12.8 Å². The molecule has 0 saturated heterocycles. The largest absolute Gasteiger partial charge is 0.496 e. The second-order valence-electron chi connectivity index (χ2n) is 5.17.